The van der Waals surface area contributed by atoms with Crippen LogP contribution in [0, 0.1) is 0 Å². The van der Waals surface area contributed by atoms with Gasteiger partial charge in [0.1, 0.15) is 6.04 Å². The second-order valence-corrected chi connectivity index (χ2v) is 6.08. The molecule has 0 bridgehead atoms. The van der Waals surface area contributed by atoms with Crippen LogP contribution in [0.5, 0.6) is 0 Å². The van der Waals surface area contributed by atoms with Gasteiger partial charge in [-0.1, -0.05) is 42.5 Å². The molecular formula is C19H25N3O3. The van der Waals surface area contributed by atoms with Crippen molar-refractivity contribution >= 4 is 22.8 Å². The van der Waals surface area contributed by atoms with Gasteiger partial charge in [0.2, 0.25) is 0 Å². The number of carbonyl (C=O) groups is 2. The van der Waals surface area contributed by atoms with Crippen molar-refractivity contribution in [3.63, 3.8) is 0 Å². The number of benzene rings is 2. The standard InChI is InChI=1S/C19H25N3O3/c1-13(15-10-6-8-14-7-2-3-9-16(14)15)21-19(25)22-17(18(23)24)11-4-5-12-20/h2-3,6-10,13,17H,4-5,11-12,20H2,1H3,(H,23,24)(H2,21,22,25)/t13-,17-/m0/s1. The summed E-state index contributed by atoms with van der Waals surface area (Å²) in [7, 11) is 0. The summed E-state index contributed by atoms with van der Waals surface area (Å²) in [6.45, 7) is 2.39. The second kappa shape index (κ2) is 9.03. The summed E-state index contributed by atoms with van der Waals surface area (Å²) >= 11 is 0. The molecule has 2 atom stereocenters. The van der Waals surface area contributed by atoms with E-state index in [1.807, 2.05) is 49.4 Å². The Morgan fingerprint density at radius 3 is 2.52 bits per heavy atom. The molecule has 0 saturated heterocycles. The van der Waals surface area contributed by atoms with Gasteiger partial charge in [-0.3, -0.25) is 0 Å². The number of unbranched alkanes of at least 4 members (excludes halogenated alkanes) is 1. The van der Waals surface area contributed by atoms with Crippen molar-refractivity contribution in [2.24, 2.45) is 5.73 Å². The molecule has 0 unspecified atom stereocenters. The molecule has 25 heavy (non-hydrogen) atoms. The minimum Gasteiger partial charge on any atom is -0.480 e. The number of carboxylic acid groups (broad SMARTS) is 1. The van der Waals surface area contributed by atoms with Crippen LogP contribution in [0.2, 0.25) is 0 Å². The number of hydrogen-bond acceptors (Lipinski definition) is 3. The van der Waals surface area contributed by atoms with E-state index in [9.17, 15) is 14.7 Å². The zero-order chi connectivity index (χ0) is 18.2. The van der Waals surface area contributed by atoms with Crippen molar-refractivity contribution in [3.05, 3.63) is 48.0 Å². The Bertz CT molecular complexity index is 727. The molecule has 6 nitrogen and oxygen atoms in total. The predicted molar refractivity (Wildman–Crippen MR) is 98.4 cm³/mol. The number of nitrogens with one attached hydrogen (secondary N) is 2. The molecule has 5 N–H and O–H groups in total. The number of carbonyl (C=O) groups excluding carboxylic acids is 1. The molecule has 0 heterocycles. The fourth-order valence-corrected chi connectivity index (χ4v) is 2.85. The van der Waals surface area contributed by atoms with Crippen LogP contribution >= 0.6 is 0 Å². The van der Waals surface area contributed by atoms with Crippen molar-refractivity contribution < 1.29 is 14.7 Å². The summed E-state index contributed by atoms with van der Waals surface area (Å²) in [6.07, 6.45) is 1.76. The van der Waals surface area contributed by atoms with Gasteiger partial charge in [0.15, 0.2) is 0 Å². The molecular weight excluding hydrogens is 318 g/mol. The Morgan fingerprint density at radius 1 is 1.08 bits per heavy atom. The highest BCUT2D eigenvalue weighted by molar-refractivity contribution is 5.87. The molecule has 0 fully saturated rings. The first-order valence-electron chi connectivity index (χ1n) is 8.50. The molecule has 0 aliphatic rings. The first-order valence-corrected chi connectivity index (χ1v) is 8.50. The average Bonchev–Trinajstić information content (AvgIpc) is 2.60. The van der Waals surface area contributed by atoms with E-state index in [0.717, 1.165) is 22.8 Å². The summed E-state index contributed by atoms with van der Waals surface area (Å²) in [4.78, 5) is 23.5. The lowest BCUT2D eigenvalue weighted by Gasteiger charge is -2.20. The maximum Gasteiger partial charge on any atom is 0.326 e. The first kappa shape index (κ1) is 18.7. The van der Waals surface area contributed by atoms with Crippen molar-refractivity contribution in [1.82, 2.24) is 10.6 Å². The van der Waals surface area contributed by atoms with Gasteiger partial charge in [-0.05, 0) is 49.1 Å². The highest BCUT2D eigenvalue weighted by Crippen LogP contribution is 2.23. The Hall–Kier alpha value is -2.60. The zero-order valence-corrected chi connectivity index (χ0v) is 14.4. The number of carboxylic acids is 1. The topological polar surface area (TPSA) is 104 Å². The Labute approximate surface area is 147 Å². The normalized spacial score (nSPS) is 13.2. The minimum atomic E-state index is -1.04. The van der Waals surface area contributed by atoms with Crippen LogP contribution < -0.4 is 16.4 Å². The first-order chi connectivity index (χ1) is 12.0. The van der Waals surface area contributed by atoms with E-state index in [2.05, 4.69) is 10.6 Å². The van der Waals surface area contributed by atoms with Crippen LogP contribution in [-0.2, 0) is 4.79 Å². The largest absolute Gasteiger partial charge is 0.480 e. The Morgan fingerprint density at radius 2 is 1.80 bits per heavy atom. The molecule has 2 aromatic rings. The van der Waals surface area contributed by atoms with Gasteiger partial charge >= 0.3 is 12.0 Å². The number of amides is 2. The Balaban J connectivity index is 2.02. The van der Waals surface area contributed by atoms with Crippen LogP contribution in [0.4, 0.5) is 4.79 Å². The Kier molecular flexibility index (Phi) is 6.77. The molecule has 6 heteroatoms. The third-order valence-electron chi connectivity index (χ3n) is 4.19. The number of hydrogen-bond donors (Lipinski definition) is 4. The summed E-state index contributed by atoms with van der Waals surface area (Å²) in [5, 5.41) is 16.8. The lowest BCUT2D eigenvalue weighted by Crippen LogP contribution is -2.46. The summed E-state index contributed by atoms with van der Waals surface area (Å²) < 4.78 is 0. The van der Waals surface area contributed by atoms with Gasteiger partial charge in [0.25, 0.3) is 0 Å². The van der Waals surface area contributed by atoms with Gasteiger partial charge in [0, 0.05) is 0 Å². The van der Waals surface area contributed by atoms with Gasteiger partial charge in [-0.25, -0.2) is 9.59 Å². The molecule has 2 rings (SSSR count). The fraction of sp³-hybridized carbons (Fsp3) is 0.368. The summed E-state index contributed by atoms with van der Waals surface area (Å²) in [5.41, 5.74) is 6.41. The quantitative estimate of drug-likeness (QED) is 0.553. The molecule has 0 aromatic heterocycles. The third kappa shape index (κ3) is 5.19. The smallest absolute Gasteiger partial charge is 0.326 e. The number of aliphatic carboxylic acids is 1. The van der Waals surface area contributed by atoms with E-state index < -0.39 is 18.0 Å². The third-order valence-corrected chi connectivity index (χ3v) is 4.19. The molecule has 0 aliphatic carbocycles. The zero-order valence-electron chi connectivity index (χ0n) is 14.4. The highest BCUT2D eigenvalue weighted by atomic mass is 16.4. The van der Waals surface area contributed by atoms with Crippen molar-refractivity contribution in [3.8, 4) is 0 Å². The van der Waals surface area contributed by atoms with Gasteiger partial charge in [-0.15, -0.1) is 0 Å². The second-order valence-electron chi connectivity index (χ2n) is 6.08. The van der Waals surface area contributed by atoms with Gasteiger partial charge in [0.05, 0.1) is 6.04 Å². The fourth-order valence-electron chi connectivity index (χ4n) is 2.85. The van der Waals surface area contributed by atoms with E-state index in [-0.39, 0.29) is 6.04 Å². The number of rotatable bonds is 8. The lowest BCUT2D eigenvalue weighted by molar-refractivity contribution is -0.139. The van der Waals surface area contributed by atoms with E-state index in [0.29, 0.717) is 19.4 Å². The average molecular weight is 343 g/mol. The SMILES string of the molecule is C[C@H](NC(=O)N[C@@H](CCCCN)C(=O)O)c1cccc2ccccc12. The summed E-state index contributed by atoms with van der Waals surface area (Å²) in [6, 6.07) is 12.2. The van der Waals surface area contributed by atoms with Crippen LogP contribution in [0.15, 0.2) is 42.5 Å². The van der Waals surface area contributed by atoms with Crippen molar-refractivity contribution in [2.75, 3.05) is 6.54 Å². The number of fused-ring (bicyclic) bond motifs is 1. The van der Waals surface area contributed by atoms with Crippen molar-refractivity contribution in [1.29, 1.82) is 0 Å². The molecule has 2 amide bonds. The number of nitrogens with two attached hydrogens (primary N) is 1. The number of urea groups is 1. The molecule has 0 radical (unpaired) electrons. The minimum absolute atomic E-state index is 0.246. The van der Waals surface area contributed by atoms with E-state index in [1.54, 1.807) is 0 Å². The molecule has 0 aliphatic heterocycles. The van der Waals surface area contributed by atoms with E-state index in [4.69, 9.17) is 5.73 Å². The van der Waals surface area contributed by atoms with Crippen LogP contribution in [0.3, 0.4) is 0 Å². The molecule has 0 saturated carbocycles. The summed E-state index contributed by atoms with van der Waals surface area (Å²) in [5.74, 6) is -1.04. The van der Waals surface area contributed by atoms with Crippen LogP contribution in [-0.4, -0.2) is 29.7 Å². The van der Waals surface area contributed by atoms with Crippen LogP contribution in [0.1, 0.15) is 37.8 Å². The van der Waals surface area contributed by atoms with E-state index >= 15 is 0 Å². The van der Waals surface area contributed by atoms with Gasteiger partial charge in [-0.2, -0.15) is 0 Å². The van der Waals surface area contributed by atoms with Crippen LogP contribution in [0.25, 0.3) is 10.8 Å². The van der Waals surface area contributed by atoms with Gasteiger partial charge < -0.3 is 21.5 Å². The highest BCUT2D eigenvalue weighted by Gasteiger charge is 2.20. The van der Waals surface area contributed by atoms with E-state index in [1.165, 1.54) is 0 Å². The lowest BCUT2D eigenvalue weighted by atomic mass is 10.00. The molecule has 2 aromatic carbocycles. The monoisotopic (exact) mass is 343 g/mol. The van der Waals surface area contributed by atoms with Crippen molar-refractivity contribution in [2.45, 2.75) is 38.3 Å². The molecule has 0 spiro atoms. The molecule has 134 valence electrons. The maximum atomic E-state index is 12.2. The maximum absolute atomic E-state index is 12.2. The predicted octanol–water partition coefficient (Wildman–Crippen LogP) is 2.78.